The first-order valence-corrected chi connectivity index (χ1v) is 5.97. The van der Waals surface area contributed by atoms with Gasteiger partial charge in [-0.1, -0.05) is 19.0 Å². The minimum Gasteiger partial charge on any atom is -0.390 e. The van der Waals surface area contributed by atoms with E-state index in [1.807, 2.05) is 32.8 Å². The van der Waals surface area contributed by atoms with Crippen LogP contribution in [0.4, 0.5) is 0 Å². The zero-order chi connectivity index (χ0) is 13.7. The van der Waals surface area contributed by atoms with Crippen molar-refractivity contribution < 1.29 is 14.4 Å². The summed E-state index contributed by atoms with van der Waals surface area (Å²) >= 11 is 0. The molecule has 6 heteroatoms. The maximum absolute atomic E-state index is 11.7. The molecule has 1 rings (SSSR count). The summed E-state index contributed by atoms with van der Waals surface area (Å²) in [4.78, 5) is 13.6. The molecular weight excluding hydrogens is 234 g/mol. The van der Waals surface area contributed by atoms with E-state index in [4.69, 9.17) is 4.52 Å². The quantitative estimate of drug-likeness (QED) is 0.771. The topological polar surface area (TPSA) is 78.6 Å². The van der Waals surface area contributed by atoms with Crippen molar-refractivity contribution in [2.75, 3.05) is 27.2 Å². The third-order valence-electron chi connectivity index (χ3n) is 2.40. The molecule has 1 aromatic rings. The summed E-state index contributed by atoms with van der Waals surface area (Å²) in [5.41, 5.74) is 0.246. The summed E-state index contributed by atoms with van der Waals surface area (Å²) in [6.45, 7) is 4.61. The smallest absolute Gasteiger partial charge is 0.273 e. The summed E-state index contributed by atoms with van der Waals surface area (Å²) in [5, 5.41) is 15.9. The number of aliphatic hydroxyl groups excluding tert-OH is 1. The Kier molecular flexibility index (Phi) is 5.30. The highest BCUT2D eigenvalue weighted by Gasteiger charge is 2.15. The largest absolute Gasteiger partial charge is 0.390 e. The Morgan fingerprint density at radius 3 is 2.72 bits per heavy atom. The number of hydrogen-bond donors (Lipinski definition) is 2. The molecule has 0 spiro atoms. The Morgan fingerprint density at radius 1 is 1.56 bits per heavy atom. The van der Waals surface area contributed by atoms with Crippen LogP contribution in [0.15, 0.2) is 10.6 Å². The number of likely N-dealkylation sites (N-methyl/N-ethyl adjacent to an activating group) is 1. The molecule has 0 aliphatic rings. The van der Waals surface area contributed by atoms with Gasteiger partial charge >= 0.3 is 0 Å². The molecule has 0 aliphatic heterocycles. The van der Waals surface area contributed by atoms with E-state index in [0.29, 0.717) is 12.3 Å². The first-order valence-electron chi connectivity index (χ1n) is 5.97. The van der Waals surface area contributed by atoms with E-state index in [2.05, 4.69) is 10.5 Å². The van der Waals surface area contributed by atoms with E-state index in [1.165, 1.54) is 0 Å². The van der Waals surface area contributed by atoms with E-state index in [-0.39, 0.29) is 24.1 Å². The second-order valence-electron chi connectivity index (χ2n) is 4.90. The summed E-state index contributed by atoms with van der Waals surface area (Å²) in [6.07, 6.45) is -0.597. The second kappa shape index (κ2) is 6.51. The van der Waals surface area contributed by atoms with Gasteiger partial charge in [0, 0.05) is 25.1 Å². The van der Waals surface area contributed by atoms with Gasteiger partial charge in [0.05, 0.1) is 6.10 Å². The molecule has 0 saturated carbocycles. The van der Waals surface area contributed by atoms with Crippen LogP contribution in [0.5, 0.6) is 0 Å². The van der Waals surface area contributed by atoms with Crippen molar-refractivity contribution in [2.24, 2.45) is 0 Å². The summed E-state index contributed by atoms with van der Waals surface area (Å²) < 4.78 is 5.04. The van der Waals surface area contributed by atoms with Gasteiger partial charge in [-0.3, -0.25) is 4.79 Å². The van der Waals surface area contributed by atoms with Crippen LogP contribution < -0.4 is 5.32 Å². The molecule has 0 bridgehead atoms. The molecule has 102 valence electrons. The molecular formula is C12H21N3O3. The van der Waals surface area contributed by atoms with Gasteiger partial charge in [0.1, 0.15) is 5.76 Å². The molecule has 0 radical (unpaired) electrons. The molecule has 1 heterocycles. The third kappa shape index (κ3) is 4.46. The van der Waals surface area contributed by atoms with Crippen molar-refractivity contribution in [1.82, 2.24) is 15.4 Å². The van der Waals surface area contributed by atoms with Crippen LogP contribution in [0.3, 0.4) is 0 Å². The van der Waals surface area contributed by atoms with E-state index in [1.54, 1.807) is 6.07 Å². The van der Waals surface area contributed by atoms with Crippen LogP contribution >= 0.6 is 0 Å². The van der Waals surface area contributed by atoms with E-state index >= 15 is 0 Å². The molecule has 1 amide bonds. The molecule has 6 nitrogen and oxygen atoms in total. The molecule has 1 unspecified atom stereocenters. The van der Waals surface area contributed by atoms with Gasteiger partial charge in [0.2, 0.25) is 0 Å². The van der Waals surface area contributed by atoms with Gasteiger partial charge in [0.25, 0.3) is 5.91 Å². The highest BCUT2D eigenvalue weighted by atomic mass is 16.5. The Hall–Kier alpha value is -1.40. The Bertz CT molecular complexity index is 388. The average molecular weight is 255 g/mol. The van der Waals surface area contributed by atoms with Gasteiger partial charge in [0.15, 0.2) is 5.69 Å². The number of rotatable bonds is 6. The zero-order valence-corrected chi connectivity index (χ0v) is 11.3. The Labute approximate surface area is 107 Å². The number of amides is 1. The van der Waals surface area contributed by atoms with Crippen molar-refractivity contribution in [3.8, 4) is 0 Å². The fourth-order valence-electron chi connectivity index (χ4n) is 1.46. The Morgan fingerprint density at radius 2 is 2.22 bits per heavy atom. The van der Waals surface area contributed by atoms with Crippen LogP contribution in [0.1, 0.15) is 36.0 Å². The predicted octanol–water partition coefficient (Wildman–Crippen LogP) is 0.450. The molecule has 2 N–H and O–H groups in total. The van der Waals surface area contributed by atoms with Gasteiger partial charge in [-0.15, -0.1) is 0 Å². The van der Waals surface area contributed by atoms with Crippen LogP contribution in [-0.4, -0.2) is 54.4 Å². The highest BCUT2D eigenvalue weighted by Crippen LogP contribution is 2.14. The first kappa shape index (κ1) is 14.7. The molecule has 0 aliphatic carbocycles. The lowest BCUT2D eigenvalue weighted by Gasteiger charge is -2.15. The van der Waals surface area contributed by atoms with Gasteiger partial charge < -0.3 is 19.8 Å². The molecule has 1 aromatic heterocycles. The number of carbonyl (C=O) groups excluding carboxylic acids is 1. The van der Waals surface area contributed by atoms with E-state index < -0.39 is 6.10 Å². The lowest BCUT2D eigenvalue weighted by atomic mass is 10.1. The van der Waals surface area contributed by atoms with Crippen molar-refractivity contribution in [1.29, 1.82) is 0 Å². The minimum absolute atomic E-state index is 0.193. The summed E-state index contributed by atoms with van der Waals surface area (Å²) in [5.74, 6) is 0.538. The average Bonchev–Trinajstić information content (AvgIpc) is 2.74. The van der Waals surface area contributed by atoms with Crippen LogP contribution in [0.2, 0.25) is 0 Å². The molecule has 0 fully saturated rings. The molecule has 1 atom stereocenters. The molecule has 0 saturated heterocycles. The van der Waals surface area contributed by atoms with Crippen molar-refractivity contribution in [3.05, 3.63) is 17.5 Å². The zero-order valence-electron chi connectivity index (χ0n) is 11.3. The highest BCUT2D eigenvalue weighted by molar-refractivity contribution is 5.92. The standard InChI is InChI=1S/C12H21N3O3/c1-8(2)11-5-10(14-18-11)12(17)13-6-9(16)7-15(3)4/h5,8-9,16H,6-7H2,1-4H3,(H,13,17). The predicted molar refractivity (Wildman–Crippen MR) is 67.5 cm³/mol. The summed E-state index contributed by atoms with van der Waals surface area (Å²) in [6, 6.07) is 1.62. The van der Waals surface area contributed by atoms with Gasteiger partial charge in [-0.25, -0.2) is 0 Å². The van der Waals surface area contributed by atoms with Crippen LogP contribution in [0.25, 0.3) is 0 Å². The van der Waals surface area contributed by atoms with E-state index in [0.717, 1.165) is 0 Å². The normalized spacial score (nSPS) is 13.1. The second-order valence-corrected chi connectivity index (χ2v) is 4.90. The lowest BCUT2D eigenvalue weighted by molar-refractivity contribution is 0.0883. The number of nitrogens with one attached hydrogen (secondary N) is 1. The molecule has 0 aromatic carbocycles. The third-order valence-corrected chi connectivity index (χ3v) is 2.40. The fourth-order valence-corrected chi connectivity index (χ4v) is 1.46. The number of hydrogen-bond acceptors (Lipinski definition) is 5. The van der Waals surface area contributed by atoms with Crippen LogP contribution in [-0.2, 0) is 0 Å². The van der Waals surface area contributed by atoms with Crippen molar-refractivity contribution >= 4 is 5.91 Å². The lowest BCUT2D eigenvalue weighted by Crippen LogP contribution is -2.37. The fraction of sp³-hybridized carbons (Fsp3) is 0.667. The minimum atomic E-state index is -0.597. The number of carbonyl (C=O) groups is 1. The SMILES string of the molecule is CC(C)c1cc(C(=O)NCC(O)CN(C)C)no1. The van der Waals surface area contributed by atoms with Crippen molar-refractivity contribution in [3.63, 3.8) is 0 Å². The van der Waals surface area contributed by atoms with Crippen molar-refractivity contribution in [2.45, 2.75) is 25.9 Å². The number of aliphatic hydroxyl groups is 1. The Balaban J connectivity index is 2.45. The molecule has 18 heavy (non-hydrogen) atoms. The first-order chi connectivity index (χ1) is 8.40. The van der Waals surface area contributed by atoms with Gasteiger partial charge in [-0.05, 0) is 14.1 Å². The monoisotopic (exact) mass is 255 g/mol. The van der Waals surface area contributed by atoms with Crippen LogP contribution in [0, 0.1) is 0 Å². The maximum atomic E-state index is 11.7. The number of aromatic nitrogens is 1. The summed E-state index contributed by atoms with van der Waals surface area (Å²) in [7, 11) is 3.72. The van der Waals surface area contributed by atoms with E-state index in [9.17, 15) is 9.90 Å². The maximum Gasteiger partial charge on any atom is 0.273 e. The number of nitrogens with zero attached hydrogens (tertiary/aromatic N) is 2. The van der Waals surface area contributed by atoms with Gasteiger partial charge in [-0.2, -0.15) is 0 Å².